The molecule has 16 heavy (non-hydrogen) atoms. The highest BCUT2D eigenvalue weighted by molar-refractivity contribution is 7.89. The highest BCUT2D eigenvalue weighted by Crippen LogP contribution is 2.28. The second kappa shape index (κ2) is 4.43. The number of hydrogen-bond acceptors (Lipinski definition) is 3. The Balaban J connectivity index is 2.31. The predicted molar refractivity (Wildman–Crippen MR) is 63.9 cm³/mol. The lowest BCUT2D eigenvalue weighted by molar-refractivity contribution is 0.584. The minimum absolute atomic E-state index is 0.337. The van der Waals surface area contributed by atoms with Crippen LogP contribution in [-0.4, -0.2) is 21.0 Å². The van der Waals surface area contributed by atoms with Crippen LogP contribution in [0.1, 0.15) is 19.8 Å². The molecule has 0 aliphatic heterocycles. The molecule has 1 aromatic carbocycles. The lowest BCUT2D eigenvalue weighted by Gasteiger charge is -2.11. The van der Waals surface area contributed by atoms with E-state index in [1.807, 2.05) is 12.1 Å². The van der Waals surface area contributed by atoms with E-state index in [1.54, 1.807) is 19.1 Å². The fourth-order valence-electron chi connectivity index (χ4n) is 1.54. The number of rotatable bonds is 5. The SMILES string of the molecule is CCNS(=O)(=O)c1ccccc1NC1CC1. The Hall–Kier alpha value is -1.07. The van der Waals surface area contributed by atoms with Crippen LogP contribution in [0.2, 0.25) is 0 Å². The van der Waals surface area contributed by atoms with Gasteiger partial charge in [-0.1, -0.05) is 19.1 Å². The summed E-state index contributed by atoms with van der Waals surface area (Å²) < 4.78 is 26.3. The third-order valence-electron chi connectivity index (χ3n) is 2.45. The summed E-state index contributed by atoms with van der Waals surface area (Å²) in [6.45, 7) is 2.18. The van der Waals surface area contributed by atoms with Crippen molar-refractivity contribution in [2.75, 3.05) is 11.9 Å². The van der Waals surface area contributed by atoms with Crippen LogP contribution in [0, 0.1) is 0 Å². The molecule has 88 valence electrons. The number of anilines is 1. The van der Waals surface area contributed by atoms with Crippen LogP contribution in [0.25, 0.3) is 0 Å². The van der Waals surface area contributed by atoms with Gasteiger partial charge in [-0.25, -0.2) is 13.1 Å². The van der Waals surface area contributed by atoms with Crippen molar-refractivity contribution in [3.8, 4) is 0 Å². The van der Waals surface area contributed by atoms with Crippen molar-refractivity contribution in [1.82, 2.24) is 4.72 Å². The smallest absolute Gasteiger partial charge is 0.242 e. The van der Waals surface area contributed by atoms with E-state index in [4.69, 9.17) is 0 Å². The molecule has 2 rings (SSSR count). The van der Waals surface area contributed by atoms with Crippen LogP contribution in [0.3, 0.4) is 0 Å². The molecular weight excluding hydrogens is 224 g/mol. The van der Waals surface area contributed by atoms with Crippen molar-refractivity contribution in [1.29, 1.82) is 0 Å². The van der Waals surface area contributed by atoms with Gasteiger partial charge in [-0.05, 0) is 25.0 Å². The standard InChI is InChI=1S/C11H16N2O2S/c1-2-12-16(14,15)11-6-4-3-5-10(11)13-9-7-8-9/h3-6,9,12-13H,2,7-8H2,1H3. The van der Waals surface area contributed by atoms with Crippen LogP contribution in [-0.2, 0) is 10.0 Å². The van der Waals surface area contributed by atoms with Crippen molar-refractivity contribution in [2.45, 2.75) is 30.7 Å². The summed E-state index contributed by atoms with van der Waals surface area (Å²) in [7, 11) is -3.37. The fraction of sp³-hybridized carbons (Fsp3) is 0.455. The van der Waals surface area contributed by atoms with Gasteiger partial charge in [0.1, 0.15) is 4.90 Å². The van der Waals surface area contributed by atoms with Crippen LogP contribution in [0.5, 0.6) is 0 Å². The number of nitrogens with one attached hydrogen (secondary N) is 2. The van der Waals surface area contributed by atoms with Crippen molar-refractivity contribution < 1.29 is 8.42 Å². The second-order valence-electron chi connectivity index (χ2n) is 3.92. The van der Waals surface area contributed by atoms with Gasteiger partial charge in [-0.15, -0.1) is 0 Å². The van der Waals surface area contributed by atoms with Gasteiger partial charge in [0.25, 0.3) is 0 Å². The number of benzene rings is 1. The molecule has 0 radical (unpaired) electrons. The third kappa shape index (κ3) is 2.54. The summed E-state index contributed by atoms with van der Waals surface area (Å²) >= 11 is 0. The Morgan fingerprint density at radius 2 is 2.00 bits per heavy atom. The molecular formula is C11H16N2O2S. The van der Waals surface area contributed by atoms with Gasteiger partial charge in [0.2, 0.25) is 10.0 Å². The molecule has 0 atom stereocenters. The molecule has 2 N–H and O–H groups in total. The van der Waals surface area contributed by atoms with Gasteiger partial charge in [0, 0.05) is 12.6 Å². The molecule has 0 saturated heterocycles. The van der Waals surface area contributed by atoms with Gasteiger partial charge in [0.05, 0.1) is 5.69 Å². The molecule has 0 spiro atoms. The molecule has 4 nitrogen and oxygen atoms in total. The number of sulfonamides is 1. The van der Waals surface area contributed by atoms with E-state index < -0.39 is 10.0 Å². The maximum Gasteiger partial charge on any atom is 0.242 e. The summed E-state index contributed by atoms with van der Waals surface area (Å²) in [6.07, 6.45) is 2.24. The molecule has 1 aliphatic carbocycles. The molecule has 0 heterocycles. The largest absolute Gasteiger partial charge is 0.381 e. The summed E-state index contributed by atoms with van der Waals surface area (Å²) in [6, 6.07) is 7.46. The molecule has 1 fully saturated rings. The quantitative estimate of drug-likeness (QED) is 0.821. The fourth-order valence-corrected chi connectivity index (χ4v) is 2.75. The highest BCUT2D eigenvalue weighted by Gasteiger charge is 2.24. The molecule has 5 heteroatoms. The van der Waals surface area contributed by atoms with Gasteiger partial charge in [-0.3, -0.25) is 0 Å². The zero-order valence-electron chi connectivity index (χ0n) is 9.23. The summed E-state index contributed by atoms with van der Waals surface area (Å²) in [4.78, 5) is 0.337. The van der Waals surface area contributed by atoms with Gasteiger partial charge in [0.15, 0.2) is 0 Å². The third-order valence-corrected chi connectivity index (χ3v) is 4.05. The lowest BCUT2D eigenvalue weighted by Crippen LogP contribution is -2.24. The molecule has 1 aromatic rings. The van der Waals surface area contributed by atoms with Crippen molar-refractivity contribution >= 4 is 15.7 Å². The van der Waals surface area contributed by atoms with Crippen molar-refractivity contribution in [2.24, 2.45) is 0 Å². The molecule has 0 bridgehead atoms. The van der Waals surface area contributed by atoms with E-state index >= 15 is 0 Å². The maximum absolute atomic E-state index is 11.9. The summed E-state index contributed by atoms with van der Waals surface area (Å²) in [5, 5.41) is 3.23. The Kier molecular flexibility index (Phi) is 3.16. The van der Waals surface area contributed by atoms with E-state index in [0.29, 0.717) is 23.2 Å². The number of para-hydroxylation sites is 1. The summed E-state index contributed by atoms with van der Waals surface area (Å²) in [5.41, 5.74) is 0.700. The molecule has 0 amide bonds. The van der Waals surface area contributed by atoms with E-state index in [0.717, 1.165) is 12.8 Å². The summed E-state index contributed by atoms with van der Waals surface area (Å²) in [5.74, 6) is 0. The van der Waals surface area contributed by atoms with Gasteiger partial charge >= 0.3 is 0 Å². The Labute approximate surface area is 96.1 Å². The van der Waals surface area contributed by atoms with E-state index in [9.17, 15) is 8.42 Å². The van der Waals surface area contributed by atoms with E-state index in [2.05, 4.69) is 10.0 Å². The first kappa shape index (κ1) is 11.4. The van der Waals surface area contributed by atoms with Gasteiger partial charge in [-0.2, -0.15) is 0 Å². The van der Waals surface area contributed by atoms with Crippen molar-refractivity contribution in [3.05, 3.63) is 24.3 Å². The van der Waals surface area contributed by atoms with Crippen molar-refractivity contribution in [3.63, 3.8) is 0 Å². The molecule has 0 unspecified atom stereocenters. The topological polar surface area (TPSA) is 58.2 Å². The Morgan fingerprint density at radius 3 is 2.62 bits per heavy atom. The van der Waals surface area contributed by atoms with Crippen LogP contribution < -0.4 is 10.0 Å². The molecule has 1 aliphatic rings. The van der Waals surface area contributed by atoms with E-state index in [1.165, 1.54) is 0 Å². The first-order valence-corrected chi connectivity index (χ1v) is 6.97. The van der Waals surface area contributed by atoms with Crippen LogP contribution in [0.4, 0.5) is 5.69 Å². The van der Waals surface area contributed by atoms with E-state index in [-0.39, 0.29) is 0 Å². The van der Waals surface area contributed by atoms with Gasteiger partial charge < -0.3 is 5.32 Å². The average molecular weight is 240 g/mol. The molecule has 0 aromatic heterocycles. The van der Waals surface area contributed by atoms with Crippen LogP contribution >= 0.6 is 0 Å². The average Bonchev–Trinajstić information content (AvgIpc) is 3.02. The minimum Gasteiger partial charge on any atom is -0.381 e. The zero-order chi connectivity index (χ0) is 11.6. The van der Waals surface area contributed by atoms with Crippen LogP contribution in [0.15, 0.2) is 29.2 Å². The first-order valence-electron chi connectivity index (χ1n) is 5.48. The monoisotopic (exact) mass is 240 g/mol. The highest BCUT2D eigenvalue weighted by atomic mass is 32.2. The Bertz CT molecular complexity index is 467. The number of hydrogen-bond donors (Lipinski definition) is 2. The lowest BCUT2D eigenvalue weighted by atomic mass is 10.3. The second-order valence-corrected chi connectivity index (χ2v) is 5.65. The normalized spacial score (nSPS) is 16.1. The predicted octanol–water partition coefficient (Wildman–Crippen LogP) is 1.56. The Morgan fingerprint density at radius 1 is 1.31 bits per heavy atom. The first-order chi connectivity index (χ1) is 7.63. The maximum atomic E-state index is 11.9. The minimum atomic E-state index is -3.37. The zero-order valence-corrected chi connectivity index (χ0v) is 10.0. The molecule has 1 saturated carbocycles.